The molecule has 0 aliphatic carbocycles. The molecule has 0 saturated heterocycles. The predicted octanol–water partition coefficient (Wildman–Crippen LogP) is 2.30. The third-order valence-electron chi connectivity index (χ3n) is 3.09. The summed E-state index contributed by atoms with van der Waals surface area (Å²) in [6.07, 6.45) is 0. The molecule has 0 fully saturated rings. The molecule has 3 aromatic rings. The van der Waals surface area contributed by atoms with Gasteiger partial charge in [0.05, 0.1) is 12.1 Å². The first kappa shape index (κ1) is 10.8. The smallest absolute Gasteiger partial charge is 0.153 e. The zero-order valence-electron chi connectivity index (χ0n) is 9.72. The van der Waals surface area contributed by atoms with Gasteiger partial charge in [0.25, 0.3) is 0 Å². The molecule has 0 unspecified atom stereocenters. The Labute approximate surface area is 104 Å². The highest BCUT2D eigenvalue weighted by Gasteiger charge is 2.07. The van der Waals surface area contributed by atoms with Gasteiger partial charge in [-0.3, -0.25) is 5.10 Å². The minimum absolute atomic E-state index is 0.0229. The third-order valence-corrected chi connectivity index (χ3v) is 3.09. The molecule has 0 aliphatic rings. The number of benzene rings is 2. The fraction of sp³-hybridized carbons (Fsp3) is 0.0714. The van der Waals surface area contributed by atoms with Gasteiger partial charge in [0.1, 0.15) is 0 Å². The lowest BCUT2D eigenvalue weighted by Crippen LogP contribution is -1.89. The van der Waals surface area contributed by atoms with Crippen molar-refractivity contribution in [1.82, 2.24) is 10.2 Å². The second kappa shape index (κ2) is 4.16. The number of nitrogen functional groups attached to an aromatic ring is 1. The molecule has 0 amide bonds. The van der Waals surface area contributed by atoms with E-state index >= 15 is 0 Å². The van der Waals surface area contributed by atoms with Crippen molar-refractivity contribution in [2.75, 3.05) is 5.73 Å². The number of aliphatic hydroxyl groups is 1. The highest BCUT2D eigenvalue weighted by atomic mass is 16.3. The van der Waals surface area contributed by atoms with E-state index in [2.05, 4.69) is 10.2 Å². The largest absolute Gasteiger partial charge is 0.392 e. The maximum absolute atomic E-state index is 9.36. The van der Waals surface area contributed by atoms with Gasteiger partial charge >= 0.3 is 0 Å². The summed E-state index contributed by atoms with van der Waals surface area (Å²) in [4.78, 5) is 0. The second-order valence-electron chi connectivity index (χ2n) is 4.18. The van der Waals surface area contributed by atoms with Crippen LogP contribution in [0.2, 0.25) is 0 Å². The van der Waals surface area contributed by atoms with E-state index in [1.165, 1.54) is 0 Å². The summed E-state index contributed by atoms with van der Waals surface area (Å²) < 4.78 is 0. The number of aromatic amines is 1. The van der Waals surface area contributed by atoms with E-state index in [1.54, 1.807) is 0 Å². The Bertz CT molecular complexity index is 703. The SMILES string of the molecule is Nc1n[nH]c2ccc(-c3ccccc3CO)cc12. The fourth-order valence-electron chi connectivity index (χ4n) is 2.14. The second-order valence-corrected chi connectivity index (χ2v) is 4.18. The molecule has 0 radical (unpaired) electrons. The molecular formula is C14H13N3O. The van der Waals surface area contributed by atoms with Crippen LogP contribution in [0.25, 0.3) is 22.0 Å². The lowest BCUT2D eigenvalue weighted by Gasteiger charge is -2.07. The van der Waals surface area contributed by atoms with Crippen molar-refractivity contribution in [2.24, 2.45) is 0 Å². The van der Waals surface area contributed by atoms with Crippen LogP contribution in [0.1, 0.15) is 5.56 Å². The summed E-state index contributed by atoms with van der Waals surface area (Å²) in [5.74, 6) is 0.494. The van der Waals surface area contributed by atoms with Gasteiger partial charge in [0.2, 0.25) is 0 Å². The molecule has 18 heavy (non-hydrogen) atoms. The van der Waals surface area contributed by atoms with Crippen molar-refractivity contribution in [2.45, 2.75) is 6.61 Å². The Hall–Kier alpha value is -2.33. The minimum Gasteiger partial charge on any atom is -0.392 e. The first-order chi connectivity index (χ1) is 8.79. The van der Waals surface area contributed by atoms with E-state index in [4.69, 9.17) is 5.73 Å². The fourth-order valence-corrected chi connectivity index (χ4v) is 2.14. The van der Waals surface area contributed by atoms with Crippen molar-refractivity contribution < 1.29 is 5.11 Å². The molecule has 0 aliphatic heterocycles. The number of H-pyrrole nitrogens is 1. The number of hydrogen-bond acceptors (Lipinski definition) is 3. The highest BCUT2D eigenvalue weighted by Crippen LogP contribution is 2.28. The number of nitrogens with zero attached hydrogens (tertiary/aromatic N) is 1. The van der Waals surface area contributed by atoms with Crippen molar-refractivity contribution in [1.29, 1.82) is 0 Å². The summed E-state index contributed by atoms with van der Waals surface area (Å²) in [5, 5.41) is 17.1. The van der Waals surface area contributed by atoms with Gasteiger partial charge in [-0.15, -0.1) is 0 Å². The van der Waals surface area contributed by atoms with Gasteiger partial charge in [-0.1, -0.05) is 30.3 Å². The van der Waals surface area contributed by atoms with Crippen LogP contribution in [0.15, 0.2) is 42.5 Å². The Morgan fingerprint density at radius 2 is 2.00 bits per heavy atom. The molecule has 0 spiro atoms. The molecule has 0 atom stereocenters. The van der Waals surface area contributed by atoms with Crippen LogP contribution < -0.4 is 5.73 Å². The van der Waals surface area contributed by atoms with Crippen LogP contribution >= 0.6 is 0 Å². The number of nitrogens with two attached hydrogens (primary N) is 1. The standard InChI is InChI=1S/C14H13N3O/c15-14-12-7-9(5-6-13(12)16-17-14)11-4-2-1-3-10(11)8-18/h1-7,18H,8H2,(H3,15,16,17). The molecule has 90 valence electrons. The first-order valence-electron chi connectivity index (χ1n) is 5.72. The van der Waals surface area contributed by atoms with Crippen molar-refractivity contribution in [3.05, 3.63) is 48.0 Å². The molecule has 4 heteroatoms. The van der Waals surface area contributed by atoms with Gasteiger partial charge < -0.3 is 10.8 Å². The average Bonchev–Trinajstić information content (AvgIpc) is 2.80. The summed E-state index contributed by atoms with van der Waals surface area (Å²) in [6, 6.07) is 13.7. The summed E-state index contributed by atoms with van der Waals surface area (Å²) in [6.45, 7) is 0.0229. The summed E-state index contributed by atoms with van der Waals surface area (Å²) >= 11 is 0. The number of aromatic nitrogens is 2. The van der Waals surface area contributed by atoms with Crippen LogP contribution in [-0.2, 0) is 6.61 Å². The number of nitrogens with one attached hydrogen (secondary N) is 1. The van der Waals surface area contributed by atoms with E-state index in [0.29, 0.717) is 5.82 Å². The van der Waals surface area contributed by atoms with Gasteiger partial charge in [-0.05, 0) is 28.8 Å². The molecule has 4 N–H and O–H groups in total. The van der Waals surface area contributed by atoms with Gasteiger partial charge in [0, 0.05) is 5.39 Å². The normalized spacial score (nSPS) is 10.9. The first-order valence-corrected chi connectivity index (χ1v) is 5.72. The van der Waals surface area contributed by atoms with Gasteiger partial charge in [0.15, 0.2) is 5.82 Å². The quantitative estimate of drug-likeness (QED) is 0.642. The third kappa shape index (κ3) is 1.63. The summed E-state index contributed by atoms with van der Waals surface area (Å²) in [5.41, 5.74) is 9.66. The molecular weight excluding hydrogens is 226 g/mol. The number of anilines is 1. The number of hydrogen-bond donors (Lipinski definition) is 3. The van der Waals surface area contributed by atoms with Crippen LogP contribution in [0, 0.1) is 0 Å². The average molecular weight is 239 g/mol. The zero-order valence-corrected chi connectivity index (χ0v) is 9.72. The Morgan fingerprint density at radius 3 is 2.83 bits per heavy atom. The van der Waals surface area contributed by atoms with E-state index in [9.17, 15) is 5.11 Å². The topological polar surface area (TPSA) is 74.9 Å². The molecule has 1 aromatic heterocycles. The molecule has 4 nitrogen and oxygen atoms in total. The Kier molecular flexibility index (Phi) is 2.50. The Balaban J connectivity index is 2.21. The van der Waals surface area contributed by atoms with Crippen molar-refractivity contribution >= 4 is 16.7 Å². The van der Waals surface area contributed by atoms with E-state index in [-0.39, 0.29) is 6.61 Å². The van der Waals surface area contributed by atoms with Crippen molar-refractivity contribution in [3.63, 3.8) is 0 Å². The number of fused-ring (bicyclic) bond motifs is 1. The minimum atomic E-state index is 0.0229. The maximum atomic E-state index is 9.36. The van der Waals surface area contributed by atoms with E-state index in [0.717, 1.165) is 27.6 Å². The maximum Gasteiger partial charge on any atom is 0.153 e. The molecule has 1 heterocycles. The molecule has 0 bridgehead atoms. The monoisotopic (exact) mass is 239 g/mol. The molecule has 2 aromatic carbocycles. The van der Waals surface area contributed by atoms with Crippen molar-refractivity contribution in [3.8, 4) is 11.1 Å². The lowest BCUT2D eigenvalue weighted by atomic mass is 9.99. The summed E-state index contributed by atoms with van der Waals surface area (Å²) in [7, 11) is 0. The predicted molar refractivity (Wildman–Crippen MR) is 71.9 cm³/mol. The van der Waals surface area contributed by atoms with Crippen LogP contribution in [0.4, 0.5) is 5.82 Å². The molecule has 0 saturated carbocycles. The lowest BCUT2D eigenvalue weighted by molar-refractivity contribution is 0.282. The van der Waals surface area contributed by atoms with Crippen LogP contribution in [0.3, 0.4) is 0 Å². The van der Waals surface area contributed by atoms with Crippen LogP contribution in [-0.4, -0.2) is 15.3 Å². The zero-order chi connectivity index (χ0) is 12.5. The number of aliphatic hydroxyl groups excluding tert-OH is 1. The van der Waals surface area contributed by atoms with Crippen LogP contribution in [0.5, 0.6) is 0 Å². The van der Waals surface area contributed by atoms with Gasteiger partial charge in [-0.2, -0.15) is 5.10 Å². The number of rotatable bonds is 2. The van der Waals surface area contributed by atoms with E-state index in [1.807, 2.05) is 42.5 Å². The Morgan fingerprint density at radius 1 is 1.17 bits per heavy atom. The van der Waals surface area contributed by atoms with E-state index < -0.39 is 0 Å². The highest BCUT2D eigenvalue weighted by molar-refractivity contribution is 5.92. The molecule has 3 rings (SSSR count). The van der Waals surface area contributed by atoms with Gasteiger partial charge in [-0.25, -0.2) is 0 Å².